The zero-order chi connectivity index (χ0) is 17.8. The fourth-order valence-electron chi connectivity index (χ4n) is 2.35. The molecule has 0 atom stereocenters. The summed E-state index contributed by atoms with van der Waals surface area (Å²) >= 11 is 0.839. The molecule has 126 valence electrons. The lowest BCUT2D eigenvalue weighted by Gasteiger charge is -2.11. The number of methoxy groups -OCH3 is 1. The number of ether oxygens (including phenoxy) is 1. The number of benzene rings is 2. The van der Waals surface area contributed by atoms with Gasteiger partial charge < -0.3 is 4.74 Å². The van der Waals surface area contributed by atoms with Crippen molar-refractivity contribution in [2.45, 2.75) is 0 Å². The van der Waals surface area contributed by atoms with Crippen LogP contribution in [0, 0.1) is 0 Å². The Kier molecular flexibility index (Phi) is 5.00. The molecule has 6 heteroatoms. The maximum Gasteiger partial charge on any atom is 0.293 e. The van der Waals surface area contributed by atoms with Crippen LogP contribution in [0.3, 0.4) is 0 Å². The first kappa shape index (κ1) is 17.0. The van der Waals surface area contributed by atoms with Crippen molar-refractivity contribution in [2.24, 2.45) is 0 Å². The number of nitrogens with zero attached hydrogens (tertiary/aromatic N) is 1. The predicted molar refractivity (Wildman–Crippen MR) is 96.4 cm³/mol. The van der Waals surface area contributed by atoms with Crippen LogP contribution < -0.4 is 4.74 Å². The number of rotatable bonds is 5. The molecule has 5 nitrogen and oxygen atoms in total. The van der Waals surface area contributed by atoms with Crippen LogP contribution in [0.25, 0.3) is 6.08 Å². The number of amides is 2. The van der Waals surface area contributed by atoms with Gasteiger partial charge in [0.05, 0.1) is 18.6 Å². The van der Waals surface area contributed by atoms with E-state index in [0.29, 0.717) is 16.2 Å². The van der Waals surface area contributed by atoms with Crippen molar-refractivity contribution in [3.8, 4) is 5.75 Å². The van der Waals surface area contributed by atoms with Gasteiger partial charge in [-0.05, 0) is 35.5 Å². The van der Waals surface area contributed by atoms with Crippen LogP contribution in [0.2, 0.25) is 0 Å². The van der Waals surface area contributed by atoms with Crippen LogP contribution in [-0.2, 0) is 4.79 Å². The summed E-state index contributed by atoms with van der Waals surface area (Å²) in [5, 5.41) is -0.436. The average Bonchev–Trinajstić information content (AvgIpc) is 2.90. The molecule has 1 fully saturated rings. The first-order valence-corrected chi connectivity index (χ1v) is 8.38. The van der Waals surface area contributed by atoms with Gasteiger partial charge in [0.25, 0.3) is 11.1 Å². The van der Waals surface area contributed by atoms with Crippen LogP contribution in [-0.4, -0.2) is 35.5 Å². The Morgan fingerprint density at radius 2 is 1.76 bits per heavy atom. The lowest BCUT2D eigenvalue weighted by atomic mass is 10.1. The van der Waals surface area contributed by atoms with E-state index in [9.17, 15) is 14.4 Å². The third-order valence-corrected chi connectivity index (χ3v) is 4.59. The second-order valence-corrected chi connectivity index (χ2v) is 6.32. The molecule has 0 bridgehead atoms. The molecule has 1 saturated heterocycles. The van der Waals surface area contributed by atoms with E-state index in [4.69, 9.17) is 4.74 Å². The van der Waals surface area contributed by atoms with Gasteiger partial charge in [-0.2, -0.15) is 0 Å². The molecular weight excluding hydrogens is 338 g/mol. The molecule has 1 aliphatic heterocycles. The topological polar surface area (TPSA) is 63.7 Å². The third kappa shape index (κ3) is 3.80. The van der Waals surface area contributed by atoms with Gasteiger partial charge in [-0.3, -0.25) is 19.3 Å². The zero-order valence-electron chi connectivity index (χ0n) is 13.5. The summed E-state index contributed by atoms with van der Waals surface area (Å²) in [7, 11) is 1.57. The normalized spacial score (nSPS) is 15.7. The van der Waals surface area contributed by atoms with E-state index in [-0.39, 0.29) is 12.3 Å². The zero-order valence-corrected chi connectivity index (χ0v) is 14.3. The standard InChI is InChI=1S/C19H15NO4S/c1-24-15-9-7-13(8-10-15)11-17-18(22)20(19(23)25-17)12-16(21)14-5-3-2-4-6-14/h2-11H,12H2,1H3. The minimum absolute atomic E-state index is 0.255. The van der Waals surface area contributed by atoms with Crippen molar-refractivity contribution in [3.05, 3.63) is 70.6 Å². The number of carbonyl (C=O) groups is 3. The largest absolute Gasteiger partial charge is 0.497 e. The Hall–Kier alpha value is -2.86. The number of ketones is 1. The summed E-state index contributed by atoms with van der Waals surface area (Å²) in [6.07, 6.45) is 1.64. The molecule has 2 aromatic rings. The van der Waals surface area contributed by atoms with Crippen molar-refractivity contribution < 1.29 is 19.1 Å². The number of Topliss-reactive ketones (excluding diaryl/α,β-unsaturated/α-hetero) is 1. The van der Waals surface area contributed by atoms with E-state index < -0.39 is 11.1 Å². The highest BCUT2D eigenvalue weighted by molar-refractivity contribution is 8.18. The van der Waals surface area contributed by atoms with Crippen molar-refractivity contribution in [2.75, 3.05) is 13.7 Å². The van der Waals surface area contributed by atoms with Gasteiger partial charge in [-0.1, -0.05) is 42.5 Å². The van der Waals surface area contributed by atoms with Crippen LogP contribution >= 0.6 is 11.8 Å². The van der Waals surface area contributed by atoms with Gasteiger partial charge in [0, 0.05) is 5.56 Å². The van der Waals surface area contributed by atoms with Crippen LogP contribution in [0.15, 0.2) is 59.5 Å². The Balaban J connectivity index is 1.75. The summed E-state index contributed by atoms with van der Waals surface area (Å²) in [6.45, 7) is -0.255. The minimum atomic E-state index is -0.449. The maximum atomic E-state index is 12.4. The molecule has 2 amide bonds. The Morgan fingerprint density at radius 3 is 2.40 bits per heavy atom. The van der Waals surface area contributed by atoms with Crippen molar-refractivity contribution in [1.29, 1.82) is 0 Å². The molecule has 1 aliphatic rings. The van der Waals surface area contributed by atoms with Gasteiger partial charge in [0.1, 0.15) is 5.75 Å². The van der Waals surface area contributed by atoms with Gasteiger partial charge >= 0.3 is 0 Å². The molecule has 1 heterocycles. The number of carbonyl (C=O) groups excluding carboxylic acids is 3. The lowest BCUT2D eigenvalue weighted by molar-refractivity contribution is -0.122. The third-order valence-electron chi connectivity index (χ3n) is 3.68. The summed E-state index contributed by atoms with van der Waals surface area (Å²) in [5.41, 5.74) is 1.25. The van der Waals surface area contributed by atoms with Crippen molar-refractivity contribution in [3.63, 3.8) is 0 Å². The van der Waals surface area contributed by atoms with E-state index >= 15 is 0 Å². The molecule has 0 spiro atoms. The van der Waals surface area contributed by atoms with E-state index in [2.05, 4.69) is 0 Å². The molecule has 0 unspecified atom stereocenters. The fraction of sp³-hybridized carbons (Fsp3) is 0.105. The van der Waals surface area contributed by atoms with Crippen LogP contribution in [0.4, 0.5) is 4.79 Å². The molecule has 0 N–H and O–H groups in total. The maximum absolute atomic E-state index is 12.4. The van der Waals surface area contributed by atoms with Gasteiger partial charge in [0.15, 0.2) is 5.78 Å². The fourth-order valence-corrected chi connectivity index (χ4v) is 3.19. The number of hydrogen-bond acceptors (Lipinski definition) is 5. The highest BCUT2D eigenvalue weighted by Crippen LogP contribution is 2.32. The smallest absolute Gasteiger partial charge is 0.293 e. The predicted octanol–water partition coefficient (Wildman–Crippen LogP) is 3.61. The highest BCUT2D eigenvalue weighted by Gasteiger charge is 2.36. The summed E-state index contributed by atoms with van der Waals surface area (Å²) in [5.74, 6) is -0.0117. The van der Waals surface area contributed by atoms with Gasteiger partial charge in [0.2, 0.25) is 0 Å². The second-order valence-electron chi connectivity index (χ2n) is 5.33. The van der Waals surface area contributed by atoms with E-state index in [1.807, 2.05) is 0 Å². The van der Waals surface area contributed by atoms with E-state index in [1.165, 1.54) is 0 Å². The van der Waals surface area contributed by atoms with Gasteiger partial charge in [-0.15, -0.1) is 0 Å². The lowest BCUT2D eigenvalue weighted by Crippen LogP contribution is -2.33. The average molecular weight is 353 g/mol. The Bertz CT molecular complexity index is 843. The van der Waals surface area contributed by atoms with E-state index in [1.54, 1.807) is 67.8 Å². The first-order chi connectivity index (χ1) is 12.1. The molecular formula is C19H15NO4S. The highest BCUT2D eigenvalue weighted by atomic mass is 32.2. The number of hydrogen-bond donors (Lipinski definition) is 0. The van der Waals surface area contributed by atoms with Crippen molar-refractivity contribution >= 4 is 34.8 Å². The van der Waals surface area contributed by atoms with Crippen LogP contribution in [0.1, 0.15) is 15.9 Å². The first-order valence-electron chi connectivity index (χ1n) is 7.56. The Labute approximate surface area is 149 Å². The Morgan fingerprint density at radius 1 is 1.08 bits per heavy atom. The molecule has 0 saturated carbocycles. The summed E-state index contributed by atoms with van der Waals surface area (Å²) in [6, 6.07) is 15.7. The van der Waals surface area contributed by atoms with Crippen LogP contribution in [0.5, 0.6) is 5.75 Å². The number of imide groups is 1. The molecule has 0 aliphatic carbocycles. The molecule has 25 heavy (non-hydrogen) atoms. The molecule has 3 rings (SSSR count). The molecule has 0 aromatic heterocycles. The molecule has 0 radical (unpaired) electrons. The quantitative estimate of drug-likeness (QED) is 0.607. The monoisotopic (exact) mass is 353 g/mol. The minimum Gasteiger partial charge on any atom is -0.497 e. The summed E-state index contributed by atoms with van der Waals surface area (Å²) in [4.78, 5) is 38.1. The second kappa shape index (κ2) is 7.36. The molecule has 2 aromatic carbocycles. The number of thioether (sulfide) groups is 1. The van der Waals surface area contributed by atoms with Crippen molar-refractivity contribution in [1.82, 2.24) is 4.90 Å². The summed E-state index contributed by atoms with van der Waals surface area (Å²) < 4.78 is 5.09. The van der Waals surface area contributed by atoms with Gasteiger partial charge in [-0.25, -0.2) is 0 Å². The van der Waals surface area contributed by atoms with E-state index in [0.717, 1.165) is 22.2 Å². The SMILES string of the molecule is COc1ccc(C=C2SC(=O)N(CC(=O)c3ccccc3)C2=O)cc1.